The standard InChI is InChI=1S/C14H30N2O2/c1-5-16(7-9-17-4)14(11-15)6-8-18-13(10-14)12(2)3/h12-13H,5-11,15H2,1-4H3. The Labute approximate surface area is 112 Å². The minimum absolute atomic E-state index is 0.0977. The second kappa shape index (κ2) is 7.43. The zero-order valence-electron chi connectivity index (χ0n) is 12.4. The van der Waals surface area contributed by atoms with Gasteiger partial charge in [0.15, 0.2) is 0 Å². The maximum atomic E-state index is 6.11. The summed E-state index contributed by atoms with van der Waals surface area (Å²) in [6.07, 6.45) is 2.40. The second-order valence-corrected chi connectivity index (χ2v) is 5.61. The van der Waals surface area contributed by atoms with E-state index in [9.17, 15) is 0 Å². The molecule has 108 valence electrons. The van der Waals surface area contributed by atoms with Crippen LogP contribution in [0.1, 0.15) is 33.6 Å². The molecule has 1 heterocycles. The van der Waals surface area contributed by atoms with Gasteiger partial charge in [0, 0.05) is 32.3 Å². The molecule has 1 aliphatic heterocycles. The molecule has 0 amide bonds. The molecule has 2 unspecified atom stereocenters. The summed E-state index contributed by atoms with van der Waals surface area (Å²) < 4.78 is 11.1. The van der Waals surface area contributed by atoms with Crippen molar-refractivity contribution >= 4 is 0 Å². The molecule has 1 fully saturated rings. The molecule has 2 atom stereocenters. The predicted octanol–water partition coefficient (Wildman–Crippen LogP) is 1.49. The summed E-state index contributed by atoms with van der Waals surface area (Å²) in [6.45, 7) is 10.9. The fourth-order valence-electron chi connectivity index (χ4n) is 2.90. The Morgan fingerprint density at radius 3 is 2.72 bits per heavy atom. The molecule has 0 spiro atoms. The zero-order chi connectivity index (χ0) is 13.6. The summed E-state index contributed by atoms with van der Waals surface area (Å²) in [5, 5.41) is 0. The first-order chi connectivity index (χ1) is 8.59. The molecule has 4 nitrogen and oxygen atoms in total. The topological polar surface area (TPSA) is 47.7 Å². The monoisotopic (exact) mass is 258 g/mol. The molecule has 0 aromatic carbocycles. The largest absolute Gasteiger partial charge is 0.383 e. The van der Waals surface area contributed by atoms with Crippen LogP contribution in [0, 0.1) is 5.92 Å². The number of methoxy groups -OCH3 is 1. The SMILES string of the molecule is CCN(CCOC)C1(CN)CCOC(C(C)C)C1. The van der Waals surface area contributed by atoms with Crippen molar-refractivity contribution in [2.24, 2.45) is 11.7 Å². The third-order valence-corrected chi connectivity index (χ3v) is 4.22. The third-order valence-electron chi connectivity index (χ3n) is 4.22. The van der Waals surface area contributed by atoms with Crippen LogP contribution < -0.4 is 5.73 Å². The summed E-state index contributed by atoms with van der Waals surface area (Å²) in [6, 6.07) is 0. The van der Waals surface area contributed by atoms with Gasteiger partial charge in [-0.15, -0.1) is 0 Å². The van der Waals surface area contributed by atoms with Crippen LogP contribution in [0.15, 0.2) is 0 Å². The molecule has 18 heavy (non-hydrogen) atoms. The van der Waals surface area contributed by atoms with E-state index in [0.717, 1.165) is 39.1 Å². The lowest BCUT2D eigenvalue weighted by Crippen LogP contribution is -2.59. The maximum absolute atomic E-state index is 6.11. The molecule has 0 aromatic rings. The number of nitrogens with two attached hydrogens (primary N) is 1. The van der Waals surface area contributed by atoms with Crippen LogP contribution in [0.3, 0.4) is 0 Å². The quantitative estimate of drug-likeness (QED) is 0.751. The minimum atomic E-state index is 0.0977. The Kier molecular flexibility index (Phi) is 6.57. The van der Waals surface area contributed by atoms with Crippen LogP contribution in [0.5, 0.6) is 0 Å². The molecular weight excluding hydrogens is 228 g/mol. The molecule has 2 N–H and O–H groups in total. The van der Waals surface area contributed by atoms with E-state index in [4.69, 9.17) is 15.2 Å². The smallest absolute Gasteiger partial charge is 0.0616 e. The van der Waals surface area contributed by atoms with Crippen molar-refractivity contribution in [2.75, 3.05) is 40.0 Å². The summed E-state index contributed by atoms with van der Waals surface area (Å²) in [5.41, 5.74) is 6.21. The molecule has 0 aliphatic carbocycles. The predicted molar refractivity (Wildman–Crippen MR) is 74.7 cm³/mol. The van der Waals surface area contributed by atoms with Crippen molar-refractivity contribution in [1.29, 1.82) is 0 Å². The first kappa shape index (κ1) is 15.9. The van der Waals surface area contributed by atoms with Crippen LogP contribution in [0.25, 0.3) is 0 Å². The molecular formula is C14H30N2O2. The van der Waals surface area contributed by atoms with Crippen molar-refractivity contribution in [1.82, 2.24) is 4.90 Å². The highest BCUT2D eigenvalue weighted by Crippen LogP contribution is 2.32. The van der Waals surface area contributed by atoms with Gasteiger partial charge in [-0.05, 0) is 25.3 Å². The highest BCUT2D eigenvalue weighted by molar-refractivity contribution is 4.96. The molecule has 0 bridgehead atoms. The van der Waals surface area contributed by atoms with Crippen LogP contribution in [0.4, 0.5) is 0 Å². The van der Waals surface area contributed by atoms with Gasteiger partial charge >= 0.3 is 0 Å². The molecule has 0 aromatic heterocycles. The summed E-state index contributed by atoms with van der Waals surface area (Å²) in [4.78, 5) is 2.48. The highest BCUT2D eigenvalue weighted by Gasteiger charge is 2.40. The van der Waals surface area contributed by atoms with E-state index < -0.39 is 0 Å². The Morgan fingerprint density at radius 2 is 2.22 bits per heavy atom. The number of rotatable bonds is 7. The van der Waals surface area contributed by atoms with E-state index in [0.29, 0.717) is 18.6 Å². The number of hydrogen-bond donors (Lipinski definition) is 1. The lowest BCUT2D eigenvalue weighted by molar-refractivity contribution is -0.0896. The van der Waals surface area contributed by atoms with E-state index in [1.54, 1.807) is 7.11 Å². The van der Waals surface area contributed by atoms with Crippen molar-refractivity contribution in [3.05, 3.63) is 0 Å². The van der Waals surface area contributed by atoms with Gasteiger partial charge in [0.25, 0.3) is 0 Å². The molecule has 1 aliphatic rings. The Bertz CT molecular complexity index is 236. The first-order valence-electron chi connectivity index (χ1n) is 7.15. The van der Waals surface area contributed by atoms with E-state index in [-0.39, 0.29) is 5.54 Å². The minimum Gasteiger partial charge on any atom is -0.383 e. The van der Waals surface area contributed by atoms with Crippen LogP contribution >= 0.6 is 0 Å². The Hall–Kier alpha value is -0.160. The number of likely N-dealkylation sites (N-methyl/N-ethyl adjacent to an activating group) is 1. The van der Waals surface area contributed by atoms with Gasteiger partial charge in [0.05, 0.1) is 12.7 Å². The van der Waals surface area contributed by atoms with Gasteiger partial charge < -0.3 is 15.2 Å². The van der Waals surface area contributed by atoms with E-state index in [1.165, 1.54) is 0 Å². The van der Waals surface area contributed by atoms with E-state index in [2.05, 4.69) is 25.7 Å². The Morgan fingerprint density at radius 1 is 1.50 bits per heavy atom. The van der Waals surface area contributed by atoms with Gasteiger partial charge in [-0.1, -0.05) is 20.8 Å². The normalized spacial score (nSPS) is 29.2. The number of ether oxygens (including phenoxy) is 2. The average Bonchev–Trinajstić information content (AvgIpc) is 2.39. The van der Waals surface area contributed by atoms with Crippen molar-refractivity contribution in [2.45, 2.75) is 45.3 Å². The second-order valence-electron chi connectivity index (χ2n) is 5.61. The van der Waals surface area contributed by atoms with Crippen molar-refractivity contribution in [3.8, 4) is 0 Å². The molecule has 0 saturated carbocycles. The average molecular weight is 258 g/mol. The summed E-state index contributed by atoms with van der Waals surface area (Å²) in [7, 11) is 1.75. The van der Waals surface area contributed by atoms with Crippen molar-refractivity contribution < 1.29 is 9.47 Å². The molecule has 1 saturated heterocycles. The van der Waals surface area contributed by atoms with Gasteiger partial charge in [-0.3, -0.25) is 4.90 Å². The van der Waals surface area contributed by atoms with Crippen LogP contribution in [-0.2, 0) is 9.47 Å². The van der Waals surface area contributed by atoms with Gasteiger partial charge in [-0.25, -0.2) is 0 Å². The summed E-state index contributed by atoms with van der Waals surface area (Å²) >= 11 is 0. The maximum Gasteiger partial charge on any atom is 0.0616 e. The fourth-order valence-corrected chi connectivity index (χ4v) is 2.90. The van der Waals surface area contributed by atoms with E-state index >= 15 is 0 Å². The van der Waals surface area contributed by atoms with Crippen LogP contribution in [0.2, 0.25) is 0 Å². The number of nitrogens with zero attached hydrogens (tertiary/aromatic N) is 1. The highest BCUT2D eigenvalue weighted by atomic mass is 16.5. The molecule has 0 radical (unpaired) electrons. The third kappa shape index (κ3) is 3.67. The van der Waals surface area contributed by atoms with Crippen molar-refractivity contribution in [3.63, 3.8) is 0 Å². The zero-order valence-corrected chi connectivity index (χ0v) is 12.4. The first-order valence-corrected chi connectivity index (χ1v) is 7.15. The van der Waals surface area contributed by atoms with Gasteiger partial charge in [-0.2, -0.15) is 0 Å². The molecule has 1 rings (SSSR count). The fraction of sp³-hybridized carbons (Fsp3) is 1.00. The van der Waals surface area contributed by atoms with Gasteiger partial charge in [0.1, 0.15) is 0 Å². The van der Waals surface area contributed by atoms with Gasteiger partial charge in [0.2, 0.25) is 0 Å². The number of hydrogen-bond acceptors (Lipinski definition) is 4. The van der Waals surface area contributed by atoms with E-state index in [1.807, 2.05) is 0 Å². The Balaban J connectivity index is 2.75. The lowest BCUT2D eigenvalue weighted by Gasteiger charge is -2.48. The summed E-state index contributed by atoms with van der Waals surface area (Å²) in [5.74, 6) is 0.553. The molecule has 4 heteroatoms. The lowest BCUT2D eigenvalue weighted by atomic mass is 9.81. The van der Waals surface area contributed by atoms with Crippen LogP contribution in [-0.4, -0.2) is 56.5 Å².